The van der Waals surface area contributed by atoms with Crippen molar-refractivity contribution in [1.82, 2.24) is 0 Å². The van der Waals surface area contributed by atoms with Gasteiger partial charge in [-0.3, -0.25) is 0 Å². The molecule has 0 unspecified atom stereocenters. The smallest absolute Gasteiger partial charge is 0.182 e. The lowest BCUT2D eigenvalue weighted by Crippen LogP contribution is -2.06. The van der Waals surface area contributed by atoms with Gasteiger partial charge >= 0.3 is 0 Å². The largest absolute Gasteiger partial charge is 0.223 e. The second-order valence-corrected chi connectivity index (χ2v) is 7.83. The van der Waals surface area contributed by atoms with E-state index in [9.17, 15) is 8.42 Å². The van der Waals surface area contributed by atoms with Crippen LogP contribution in [0, 0.1) is 18.8 Å². The molecule has 0 bridgehead atoms. The average molecular weight is 346 g/mol. The maximum atomic E-state index is 12.7. The van der Waals surface area contributed by atoms with Gasteiger partial charge in [-0.25, -0.2) is 8.42 Å². The molecule has 0 saturated carbocycles. The van der Waals surface area contributed by atoms with Crippen LogP contribution in [-0.2, 0) is 15.6 Å². The van der Waals surface area contributed by atoms with Crippen molar-refractivity contribution in [2.75, 3.05) is 0 Å². The summed E-state index contributed by atoms with van der Waals surface area (Å²) in [6, 6.07) is 24.0. The Balaban J connectivity index is 1.91. The maximum absolute atomic E-state index is 12.7. The number of aryl methyl sites for hydroxylation is 1. The van der Waals surface area contributed by atoms with Crippen LogP contribution in [0.5, 0.6) is 0 Å². The van der Waals surface area contributed by atoms with Crippen LogP contribution in [0.3, 0.4) is 0 Å². The number of hydrogen-bond donors (Lipinski definition) is 0. The molecule has 3 aromatic carbocycles. The minimum absolute atomic E-state index is 0.0598. The van der Waals surface area contributed by atoms with Gasteiger partial charge in [0.15, 0.2) is 9.84 Å². The van der Waals surface area contributed by atoms with Gasteiger partial charge < -0.3 is 0 Å². The minimum atomic E-state index is -3.40. The first-order valence-electron chi connectivity index (χ1n) is 7.99. The second-order valence-electron chi connectivity index (χ2n) is 5.85. The molecule has 3 heteroatoms. The molecule has 3 rings (SSSR count). The van der Waals surface area contributed by atoms with Crippen LogP contribution in [0.15, 0.2) is 83.8 Å². The summed E-state index contributed by atoms with van der Waals surface area (Å²) >= 11 is 0. The molecule has 0 amide bonds. The zero-order valence-corrected chi connectivity index (χ0v) is 14.8. The third-order valence-corrected chi connectivity index (χ3v) is 5.54. The van der Waals surface area contributed by atoms with Crippen LogP contribution >= 0.6 is 0 Å². The molecule has 2 nitrogen and oxygen atoms in total. The van der Waals surface area contributed by atoms with E-state index in [0.717, 1.165) is 16.7 Å². The lowest BCUT2D eigenvalue weighted by molar-refractivity contribution is 0.595. The molecule has 0 heterocycles. The number of rotatable bonds is 3. The Morgan fingerprint density at radius 3 is 2.12 bits per heavy atom. The van der Waals surface area contributed by atoms with Crippen molar-refractivity contribution < 1.29 is 8.42 Å². The van der Waals surface area contributed by atoms with Crippen molar-refractivity contribution in [1.29, 1.82) is 0 Å². The van der Waals surface area contributed by atoms with Gasteiger partial charge in [-0.05, 0) is 42.8 Å². The molecule has 0 aliphatic carbocycles. The highest BCUT2D eigenvalue weighted by Gasteiger charge is 2.16. The van der Waals surface area contributed by atoms with E-state index in [0.29, 0.717) is 10.5 Å². The summed E-state index contributed by atoms with van der Waals surface area (Å²) in [5.41, 5.74) is 3.39. The molecule has 0 aromatic heterocycles. The number of benzene rings is 3. The normalized spacial score (nSPS) is 10.8. The third-order valence-electron chi connectivity index (χ3n) is 3.86. The highest BCUT2D eigenvalue weighted by atomic mass is 32.2. The number of hydrogen-bond acceptors (Lipinski definition) is 2. The first-order valence-corrected chi connectivity index (χ1v) is 9.64. The fourth-order valence-corrected chi connectivity index (χ4v) is 3.84. The van der Waals surface area contributed by atoms with E-state index in [2.05, 4.69) is 11.8 Å². The molecule has 0 spiro atoms. The molecule has 0 N–H and O–H groups in total. The van der Waals surface area contributed by atoms with Crippen LogP contribution in [0.2, 0.25) is 0 Å². The molecule has 0 fully saturated rings. The summed E-state index contributed by atoms with van der Waals surface area (Å²) in [7, 11) is -3.40. The van der Waals surface area contributed by atoms with E-state index in [4.69, 9.17) is 0 Å². The predicted molar refractivity (Wildman–Crippen MR) is 101 cm³/mol. The predicted octanol–water partition coefficient (Wildman–Crippen LogP) is 4.37. The van der Waals surface area contributed by atoms with Gasteiger partial charge in [0.25, 0.3) is 0 Å². The van der Waals surface area contributed by atoms with Crippen LogP contribution in [0.1, 0.15) is 22.3 Å². The fraction of sp³-hybridized carbons (Fsp3) is 0.0909. The SMILES string of the molecule is Cc1ccc(S(=O)(=O)Cc2ccccc2C#Cc2ccccc2)cc1. The van der Waals surface area contributed by atoms with Crippen LogP contribution < -0.4 is 0 Å². The molecule has 0 radical (unpaired) electrons. The Labute approximate surface area is 149 Å². The molecular weight excluding hydrogens is 328 g/mol. The summed E-state index contributed by atoms with van der Waals surface area (Å²) in [6.07, 6.45) is 0. The fourth-order valence-electron chi connectivity index (χ4n) is 2.46. The van der Waals surface area contributed by atoms with Gasteiger partial charge in [-0.15, -0.1) is 0 Å². The molecule has 3 aromatic rings. The Morgan fingerprint density at radius 2 is 1.40 bits per heavy atom. The molecule has 0 saturated heterocycles. The van der Waals surface area contributed by atoms with Crippen LogP contribution in [-0.4, -0.2) is 8.42 Å². The lowest BCUT2D eigenvalue weighted by atomic mass is 10.1. The van der Waals surface area contributed by atoms with E-state index >= 15 is 0 Å². The van der Waals surface area contributed by atoms with E-state index < -0.39 is 9.84 Å². The van der Waals surface area contributed by atoms with Crippen molar-refractivity contribution in [2.45, 2.75) is 17.6 Å². The number of sulfone groups is 1. The van der Waals surface area contributed by atoms with Gasteiger partial charge in [0.1, 0.15) is 0 Å². The first kappa shape index (κ1) is 17.0. The van der Waals surface area contributed by atoms with Crippen LogP contribution in [0.4, 0.5) is 0 Å². The van der Waals surface area contributed by atoms with Crippen molar-refractivity contribution in [3.63, 3.8) is 0 Å². The Hall–Kier alpha value is -2.83. The van der Waals surface area contributed by atoms with Gasteiger partial charge in [-0.1, -0.05) is 65.9 Å². The zero-order chi connectivity index (χ0) is 17.7. The Bertz CT molecular complexity index is 1020. The summed E-state index contributed by atoms with van der Waals surface area (Å²) < 4.78 is 25.4. The maximum Gasteiger partial charge on any atom is 0.182 e. The molecular formula is C22H18O2S. The van der Waals surface area contributed by atoms with E-state index in [1.54, 1.807) is 12.1 Å². The van der Waals surface area contributed by atoms with Gasteiger partial charge in [0, 0.05) is 11.1 Å². The average Bonchev–Trinajstić information content (AvgIpc) is 2.62. The van der Waals surface area contributed by atoms with E-state index in [-0.39, 0.29) is 5.75 Å². The topological polar surface area (TPSA) is 34.1 Å². The Morgan fingerprint density at radius 1 is 0.760 bits per heavy atom. The minimum Gasteiger partial charge on any atom is -0.223 e. The van der Waals surface area contributed by atoms with E-state index in [1.165, 1.54) is 0 Å². The summed E-state index contributed by atoms with van der Waals surface area (Å²) in [6.45, 7) is 1.94. The van der Waals surface area contributed by atoms with Crippen LogP contribution in [0.25, 0.3) is 0 Å². The van der Waals surface area contributed by atoms with E-state index in [1.807, 2.05) is 73.7 Å². The molecule has 0 atom stereocenters. The molecule has 124 valence electrons. The standard InChI is InChI=1S/C22H18O2S/c1-18-11-15-22(16-12-18)25(23,24)17-21-10-6-5-9-20(21)14-13-19-7-3-2-4-8-19/h2-12,15-16H,17H2,1H3. The quantitative estimate of drug-likeness (QED) is 0.660. The molecule has 0 aliphatic heterocycles. The zero-order valence-electron chi connectivity index (χ0n) is 13.9. The second kappa shape index (κ2) is 7.38. The van der Waals surface area contributed by atoms with Crippen molar-refractivity contribution >= 4 is 9.84 Å². The van der Waals surface area contributed by atoms with Gasteiger partial charge in [-0.2, -0.15) is 0 Å². The monoisotopic (exact) mass is 346 g/mol. The summed E-state index contributed by atoms with van der Waals surface area (Å²) in [5, 5.41) is 0. The van der Waals surface area contributed by atoms with Crippen molar-refractivity contribution in [3.05, 3.63) is 101 Å². The third kappa shape index (κ3) is 4.37. The highest BCUT2D eigenvalue weighted by Crippen LogP contribution is 2.19. The highest BCUT2D eigenvalue weighted by molar-refractivity contribution is 7.90. The molecule has 0 aliphatic rings. The summed E-state index contributed by atoms with van der Waals surface area (Å²) in [5.74, 6) is 6.13. The van der Waals surface area contributed by atoms with Crippen molar-refractivity contribution in [3.8, 4) is 11.8 Å². The lowest BCUT2D eigenvalue weighted by Gasteiger charge is -2.07. The summed E-state index contributed by atoms with van der Waals surface area (Å²) in [4.78, 5) is 0.337. The van der Waals surface area contributed by atoms with Crippen molar-refractivity contribution in [2.24, 2.45) is 0 Å². The molecule has 25 heavy (non-hydrogen) atoms. The Kier molecular flexibility index (Phi) is 5.02. The van der Waals surface area contributed by atoms with Gasteiger partial charge in [0.2, 0.25) is 0 Å². The first-order chi connectivity index (χ1) is 12.0. The van der Waals surface area contributed by atoms with Gasteiger partial charge in [0.05, 0.1) is 10.6 Å².